The zero-order chi connectivity index (χ0) is 14.9. The fourth-order valence-corrected chi connectivity index (χ4v) is 5.18. The van der Waals surface area contributed by atoms with Gasteiger partial charge in [-0.15, -0.1) is 0 Å². The number of hydrogen-bond donors (Lipinski definition) is 1. The predicted octanol–water partition coefficient (Wildman–Crippen LogP) is 2.10. The Bertz CT molecular complexity index is 580. The largest absolute Gasteiger partial charge is 0.315 e. The summed E-state index contributed by atoms with van der Waals surface area (Å²) in [6.45, 7) is 3.19. The third-order valence-corrected chi connectivity index (χ3v) is 6.28. The summed E-state index contributed by atoms with van der Waals surface area (Å²) in [6, 6.07) is 1.33. The first-order valence-corrected chi connectivity index (χ1v) is 8.48. The van der Waals surface area contributed by atoms with E-state index >= 15 is 0 Å². The van der Waals surface area contributed by atoms with Crippen molar-refractivity contribution < 1.29 is 17.2 Å². The number of sulfonamides is 1. The van der Waals surface area contributed by atoms with Crippen molar-refractivity contribution in [3.8, 4) is 0 Å². The van der Waals surface area contributed by atoms with Gasteiger partial charge in [0.2, 0.25) is 10.0 Å². The highest BCUT2D eigenvalue weighted by Gasteiger charge is 2.35. The van der Waals surface area contributed by atoms with E-state index in [2.05, 4.69) is 21.2 Å². The molecule has 1 atom stereocenters. The number of halogens is 3. The summed E-state index contributed by atoms with van der Waals surface area (Å²) in [5.41, 5.74) is 0. The molecule has 1 aliphatic rings. The van der Waals surface area contributed by atoms with Gasteiger partial charge in [0.25, 0.3) is 0 Å². The molecule has 1 aromatic carbocycles. The molecule has 1 saturated heterocycles. The zero-order valence-electron chi connectivity index (χ0n) is 10.9. The molecular weight excluding hydrogens is 354 g/mol. The molecule has 0 bridgehead atoms. The summed E-state index contributed by atoms with van der Waals surface area (Å²) in [4.78, 5) is -0.507. The first kappa shape index (κ1) is 15.8. The molecule has 1 N–H and O–H groups in total. The summed E-state index contributed by atoms with van der Waals surface area (Å²) < 4.78 is 53.4. The zero-order valence-corrected chi connectivity index (χ0v) is 13.3. The fraction of sp³-hybridized carbons (Fsp3) is 0.500. The van der Waals surface area contributed by atoms with Gasteiger partial charge in [0.1, 0.15) is 16.5 Å². The lowest BCUT2D eigenvalue weighted by Gasteiger charge is -2.26. The summed E-state index contributed by atoms with van der Waals surface area (Å²) in [7, 11) is -4.01. The van der Waals surface area contributed by atoms with Crippen molar-refractivity contribution in [2.45, 2.75) is 24.3 Å². The van der Waals surface area contributed by atoms with Crippen molar-refractivity contribution in [3.63, 3.8) is 0 Å². The Balaban J connectivity index is 2.48. The quantitative estimate of drug-likeness (QED) is 0.885. The topological polar surface area (TPSA) is 49.4 Å². The Hall–Kier alpha value is -0.570. The molecule has 1 aliphatic heterocycles. The van der Waals surface area contributed by atoms with Crippen LogP contribution in [0.4, 0.5) is 8.78 Å². The van der Waals surface area contributed by atoms with Gasteiger partial charge in [-0.25, -0.2) is 17.2 Å². The van der Waals surface area contributed by atoms with Crippen LogP contribution in [-0.4, -0.2) is 38.4 Å². The maximum Gasteiger partial charge on any atom is 0.247 e. The van der Waals surface area contributed by atoms with Crippen molar-refractivity contribution in [2.24, 2.45) is 0 Å². The standard InChI is InChI=1S/C12H15BrF2N2O2S/c1-2-17(9-3-4-16-7-9)20(18,19)12-10(13)5-8(14)6-11(12)15/h5-6,9,16H,2-4,7H2,1H3. The van der Waals surface area contributed by atoms with Crippen molar-refractivity contribution >= 4 is 26.0 Å². The summed E-state index contributed by atoms with van der Waals surface area (Å²) >= 11 is 2.94. The second-order valence-corrected chi connectivity index (χ2v) is 7.24. The van der Waals surface area contributed by atoms with Crippen LogP contribution in [0.25, 0.3) is 0 Å². The predicted molar refractivity (Wildman–Crippen MR) is 74.9 cm³/mol. The molecule has 1 aromatic rings. The number of nitrogens with one attached hydrogen (secondary N) is 1. The lowest BCUT2D eigenvalue weighted by Crippen LogP contribution is -2.41. The van der Waals surface area contributed by atoms with Crippen LogP contribution in [0.1, 0.15) is 13.3 Å². The van der Waals surface area contributed by atoms with Gasteiger partial charge in [-0.3, -0.25) is 0 Å². The normalized spacial score (nSPS) is 19.8. The van der Waals surface area contributed by atoms with Crippen LogP contribution in [-0.2, 0) is 10.0 Å². The third-order valence-electron chi connectivity index (χ3n) is 3.28. The van der Waals surface area contributed by atoms with E-state index in [0.717, 1.165) is 12.6 Å². The van der Waals surface area contributed by atoms with E-state index in [0.29, 0.717) is 19.0 Å². The lowest BCUT2D eigenvalue weighted by molar-refractivity contribution is 0.346. The molecule has 1 heterocycles. The van der Waals surface area contributed by atoms with Gasteiger partial charge in [-0.1, -0.05) is 6.92 Å². The van der Waals surface area contributed by atoms with Crippen LogP contribution in [0.5, 0.6) is 0 Å². The Morgan fingerprint density at radius 3 is 2.65 bits per heavy atom. The van der Waals surface area contributed by atoms with Crippen LogP contribution in [0.2, 0.25) is 0 Å². The van der Waals surface area contributed by atoms with Crippen molar-refractivity contribution in [2.75, 3.05) is 19.6 Å². The highest BCUT2D eigenvalue weighted by molar-refractivity contribution is 9.10. The van der Waals surface area contributed by atoms with Crippen molar-refractivity contribution in [3.05, 3.63) is 28.2 Å². The van der Waals surface area contributed by atoms with Gasteiger partial charge in [-0.2, -0.15) is 4.31 Å². The Morgan fingerprint density at radius 2 is 2.15 bits per heavy atom. The van der Waals surface area contributed by atoms with Gasteiger partial charge >= 0.3 is 0 Å². The van der Waals surface area contributed by atoms with Gasteiger partial charge in [-0.05, 0) is 35.0 Å². The van der Waals surface area contributed by atoms with Crippen LogP contribution >= 0.6 is 15.9 Å². The average Bonchev–Trinajstić information content (AvgIpc) is 2.80. The van der Waals surface area contributed by atoms with E-state index in [9.17, 15) is 17.2 Å². The van der Waals surface area contributed by atoms with E-state index in [1.165, 1.54) is 4.31 Å². The highest BCUT2D eigenvalue weighted by Crippen LogP contribution is 2.30. The summed E-state index contributed by atoms with van der Waals surface area (Å²) in [5, 5.41) is 3.08. The molecule has 8 heteroatoms. The van der Waals surface area contributed by atoms with Crippen LogP contribution < -0.4 is 5.32 Å². The lowest BCUT2D eigenvalue weighted by atomic mass is 10.3. The molecule has 0 radical (unpaired) electrons. The molecule has 4 nitrogen and oxygen atoms in total. The SMILES string of the molecule is CCN(C1CCNC1)S(=O)(=O)c1c(F)cc(F)cc1Br. The molecule has 0 aliphatic carbocycles. The number of rotatable bonds is 4. The smallest absolute Gasteiger partial charge is 0.247 e. The van der Waals surface area contributed by atoms with E-state index in [-0.39, 0.29) is 17.1 Å². The van der Waals surface area contributed by atoms with E-state index in [1.807, 2.05) is 0 Å². The molecule has 0 aromatic heterocycles. The van der Waals surface area contributed by atoms with Gasteiger partial charge in [0.15, 0.2) is 0 Å². The molecular formula is C12H15BrF2N2O2S. The summed E-state index contributed by atoms with van der Waals surface area (Å²) in [6.07, 6.45) is 0.674. The first-order valence-electron chi connectivity index (χ1n) is 6.25. The minimum Gasteiger partial charge on any atom is -0.315 e. The van der Waals surface area contributed by atoms with E-state index < -0.39 is 26.6 Å². The molecule has 112 valence electrons. The Kier molecular flexibility index (Phi) is 4.78. The molecule has 20 heavy (non-hydrogen) atoms. The molecule has 0 spiro atoms. The number of nitrogens with zero attached hydrogens (tertiary/aromatic N) is 1. The Morgan fingerprint density at radius 1 is 1.45 bits per heavy atom. The van der Waals surface area contributed by atoms with Gasteiger partial charge in [0.05, 0.1) is 0 Å². The Labute approximate surface area is 125 Å². The second-order valence-electron chi connectivity index (χ2n) is 4.55. The maximum absolute atomic E-state index is 13.9. The maximum atomic E-state index is 13.9. The fourth-order valence-electron chi connectivity index (χ4n) is 2.40. The highest BCUT2D eigenvalue weighted by atomic mass is 79.9. The van der Waals surface area contributed by atoms with Gasteiger partial charge < -0.3 is 5.32 Å². The minimum absolute atomic E-state index is 0.0978. The average molecular weight is 369 g/mol. The number of benzene rings is 1. The van der Waals surface area contributed by atoms with Crippen molar-refractivity contribution in [1.82, 2.24) is 9.62 Å². The monoisotopic (exact) mass is 368 g/mol. The molecule has 0 saturated carbocycles. The summed E-state index contributed by atoms with van der Waals surface area (Å²) in [5.74, 6) is -1.90. The first-order chi connectivity index (χ1) is 9.37. The van der Waals surface area contributed by atoms with Crippen molar-refractivity contribution in [1.29, 1.82) is 0 Å². The van der Waals surface area contributed by atoms with Gasteiger partial charge in [0, 0.05) is 29.7 Å². The minimum atomic E-state index is -4.01. The van der Waals surface area contributed by atoms with Crippen LogP contribution in [0.15, 0.2) is 21.5 Å². The molecule has 0 amide bonds. The van der Waals surface area contributed by atoms with E-state index in [4.69, 9.17) is 0 Å². The van der Waals surface area contributed by atoms with E-state index in [1.54, 1.807) is 6.92 Å². The third kappa shape index (κ3) is 2.88. The molecule has 2 rings (SSSR count). The number of likely N-dealkylation sites (N-methyl/N-ethyl adjacent to an activating group) is 1. The van der Waals surface area contributed by atoms with Crippen LogP contribution in [0.3, 0.4) is 0 Å². The second kappa shape index (κ2) is 6.05. The number of hydrogen-bond acceptors (Lipinski definition) is 3. The molecule has 1 fully saturated rings. The molecule has 1 unspecified atom stereocenters. The van der Waals surface area contributed by atoms with Crippen LogP contribution in [0, 0.1) is 11.6 Å².